The molecule has 1 aliphatic carbocycles. The summed E-state index contributed by atoms with van der Waals surface area (Å²) in [6, 6.07) is 0. The molecule has 0 fully saturated rings. The number of hydrogen-bond acceptors (Lipinski definition) is 3. The second kappa shape index (κ2) is 2.64. The van der Waals surface area contributed by atoms with Gasteiger partial charge in [0.2, 0.25) is 0 Å². The van der Waals surface area contributed by atoms with Crippen LogP contribution in [0.5, 0.6) is 0 Å². The van der Waals surface area contributed by atoms with Crippen molar-refractivity contribution in [2.75, 3.05) is 0 Å². The van der Waals surface area contributed by atoms with Crippen LogP contribution in [0.15, 0.2) is 12.2 Å². The first kappa shape index (κ1) is 8.23. The van der Waals surface area contributed by atoms with Gasteiger partial charge >= 0.3 is 5.97 Å². The average molecular weight is 158 g/mol. The van der Waals surface area contributed by atoms with Crippen LogP contribution in [0.1, 0.15) is 12.8 Å². The van der Waals surface area contributed by atoms with Gasteiger partial charge in [-0.15, -0.1) is 0 Å². The van der Waals surface area contributed by atoms with Crippen molar-refractivity contribution < 1.29 is 20.1 Å². The third-order valence-electron chi connectivity index (χ3n) is 1.74. The lowest BCUT2D eigenvalue weighted by Crippen LogP contribution is -2.30. The van der Waals surface area contributed by atoms with Crippen molar-refractivity contribution in [3.05, 3.63) is 12.2 Å². The van der Waals surface area contributed by atoms with E-state index < -0.39 is 17.7 Å². The third-order valence-corrected chi connectivity index (χ3v) is 1.74. The molecule has 0 aromatic rings. The molecule has 1 unspecified atom stereocenters. The summed E-state index contributed by atoms with van der Waals surface area (Å²) in [4.78, 5) is 10.4. The van der Waals surface area contributed by atoms with Crippen LogP contribution in [-0.2, 0) is 4.79 Å². The Balaban J connectivity index is 2.63. The smallest absolute Gasteiger partial charge is 0.310 e. The van der Waals surface area contributed by atoms with Gasteiger partial charge in [-0.05, 0) is 12.5 Å². The number of carboxylic acid groups (broad SMARTS) is 1. The van der Waals surface area contributed by atoms with Crippen LogP contribution in [0, 0.1) is 5.92 Å². The molecule has 0 spiro atoms. The summed E-state index contributed by atoms with van der Waals surface area (Å²) in [5, 5.41) is 26.4. The zero-order chi connectivity index (χ0) is 8.48. The molecule has 0 aromatic heterocycles. The van der Waals surface area contributed by atoms with E-state index in [1.54, 1.807) is 0 Å². The lowest BCUT2D eigenvalue weighted by Gasteiger charge is -2.23. The first-order valence-corrected chi connectivity index (χ1v) is 3.38. The quantitative estimate of drug-likeness (QED) is 0.362. The fourth-order valence-electron chi connectivity index (χ4n) is 1.02. The highest BCUT2D eigenvalue weighted by molar-refractivity contribution is 5.72. The monoisotopic (exact) mass is 158 g/mol. The largest absolute Gasteiger partial charge is 0.481 e. The summed E-state index contributed by atoms with van der Waals surface area (Å²) in [6.45, 7) is 0. The Morgan fingerprint density at radius 2 is 2.18 bits per heavy atom. The van der Waals surface area contributed by atoms with E-state index in [1.165, 1.54) is 6.08 Å². The van der Waals surface area contributed by atoms with Gasteiger partial charge in [0.25, 0.3) is 0 Å². The zero-order valence-corrected chi connectivity index (χ0v) is 5.90. The molecule has 4 heteroatoms. The maximum absolute atomic E-state index is 10.4. The summed E-state index contributed by atoms with van der Waals surface area (Å²) < 4.78 is 0. The molecule has 11 heavy (non-hydrogen) atoms. The predicted molar refractivity (Wildman–Crippen MR) is 36.7 cm³/mol. The molecule has 0 saturated heterocycles. The van der Waals surface area contributed by atoms with Gasteiger partial charge in [0.1, 0.15) is 0 Å². The fourth-order valence-corrected chi connectivity index (χ4v) is 1.02. The number of carbonyl (C=O) groups is 1. The second-order valence-electron chi connectivity index (χ2n) is 2.72. The van der Waals surface area contributed by atoms with Gasteiger partial charge in [0.05, 0.1) is 5.92 Å². The minimum Gasteiger partial charge on any atom is -0.481 e. The highest BCUT2D eigenvalue weighted by Crippen LogP contribution is 2.23. The number of hydrogen-bond donors (Lipinski definition) is 3. The topological polar surface area (TPSA) is 77.8 Å². The summed E-state index contributed by atoms with van der Waals surface area (Å²) in [5.74, 6) is -3.29. The van der Waals surface area contributed by atoms with Crippen molar-refractivity contribution in [1.29, 1.82) is 0 Å². The van der Waals surface area contributed by atoms with Crippen molar-refractivity contribution in [2.45, 2.75) is 18.6 Å². The normalized spacial score (nSPS) is 28.4. The van der Waals surface area contributed by atoms with Crippen LogP contribution >= 0.6 is 0 Å². The molecule has 62 valence electrons. The van der Waals surface area contributed by atoms with E-state index in [-0.39, 0.29) is 12.8 Å². The number of aliphatic carboxylic acids is 1. The predicted octanol–water partition coefficient (Wildman–Crippen LogP) is -0.282. The first-order chi connectivity index (χ1) is 5.01. The molecule has 0 heterocycles. The van der Waals surface area contributed by atoms with Gasteiger partial charge < -0.3 is 15.3 Å². The van der Waals surface area contributed by atoms with Gasteiger partial charge in [-0.2, -0.15) is 0 Å². The molecule has 1 rings (SSSR count). The van der Waals surface area contributed by atoms with E-state index in [9.17, 15) is 4.79 Å². The molecule has 4 nitrogen and oxygen atoms in total. The van der Waals surface area contributed by atoms with E-state index >= 15 is 0 Å². The fraction of sp³-hybridized carbons (Fsp3) is 0.571. The SMILES string of the molecule is O=C(O)C1C=CC(O)(O)CC1. The van der Waals surface area contributed by atoms with Gasteiger partial charge in [0, 0.05) is 6.42 Å². The summed E-state index contributed by atoms with van der Waals surface area (Å²) >= 11 is 0. The lowest BCUT2D eigenvalue weighted by molar-refractivity contribution is -0.146. The molecular weight excluding hydrogens is 148 g/mol. The Labute approximate surface area is 63.8 Å². The van der Waals surface area contributed by atoms with E-state index in [0.29, 0.717) is 0 Å². The molecule has 0 amide bonds. The Hall–Kier alpha value is -0.870. The minimum atomic E-state index is -1.80. The molecule has 0 aliphatic heterocycles. The molecular formula is C7H10O4. The summed E-state index contributed by atoms with van der Waals surface area (Å²) in [7, 11) is 0. The molecule has 1 atom stereocenters. The first-order valence-electron chi connectivity index (χ1n) is 3.38. The van der Waals surface area contributed by atoms with Gasteiger partial charge in [-0.25, -0.2) is 0 Å². The summed E-state index contributed by atoms with van der Waals surface area (Å²) in [5.41, 5.74) is 0. The Morgan fingerprint density at radius 1 is 1.55 bits per heavy atom. The van der Waals surface area contributed by atoms with Crippen molar-refractivity contribution in [2.24, 2.45) is 5.92 Å². The molecule has 0 radical (unpaired) electrons. The Bertz CT molecular complexity index is 195. The summed E-state index contributed by atoms with van der Waals surface area (Å²) in [6.07, 6.45) is 2.79. The van der Waals surface area contributed by atoms with Crippen LogP contribution < -0.4 is 0 Å². The van der Waals surface area contributed by atoms with Crippen molar-refractivity contribution in [3.63, 3.8) is 0 Å². The molecule has 3 N–H and O–H groups in total. The second-order valence-corrected chi connectivity index (χ2v) is 2.72. The third kappa shape index (κ3) is 2.03. The van der Waals surface area contributed by atoms with Crippen LogP contribution in [0.3, 0.4) is 0 Å². The molecule has 0 bridgehead atoms. The van der Waals surface area contributed by atoms with E-state index in [1.807, 2.05) is 0 Å². The minimum absolute atomic E-state index is 0.0838. The van der Waals surface area contributed by atoms with Gasteiger partial charge in [0.15, 0.2) is 5.79 Å². The average Bonchev–Trinajstić information content (AvgIpc) is 1.86. The van der Waals surface area contributed by atoms with Crippen molar-refractivity contribution in [3.8, 4) is 0 Å². The Kier molecular flexibility index (Phi) is 1.97. The number of aliphatic hydroxyl groups is 2. The zero-order valence-electron chi connectivity index (χ0n) is 5.90. The van der Waals surface area contributed by atoms with Crippen LogP contribution in [0.25, 0.3) is 0 Å². The lowest BCUT2D eigenvalue weighted by atomic mass is 9.92. The highest BCUT2D eigenvalue weighted by Gasteiger charge is 2.28. The molecule has 1 aliphatic rings. The number of carboxylic acids is 1. The van der Waals surface area contributed by atoms with Crippen LogP contribution in [0.2, 0.25) is 0 Å². The maximum atomic E-state index is 10.4. The number of rotatable bonds is 1. The van der Waals surface area contributed by atoms with E-state index in [0.717, 1.165) is 6.08 Å². The van der Waals surface area contributed by atoms with Gasteiger partial charge in [-0.3, -0.25) is 4.79 Å². The van der Waals surface area contributed by atoms with Gasteiger partial charge in [-0.1, -0.05) is 6.08 Å². The Morgan fingerprint density at radius 3 is 2.55 bits per heavy atom. The van der Waals surface area contributed by atoms with E-state index in [2.05, 4.69) is 0 Å². The van der Waals surface area contributed by atoms with Crippen molar-refractivity contribution in [1.82, 2.24) is 0 Å². The highest BCUT2D eigenvalue weighted by atomic mass is 16.5. The molecule has 0 aromatic carbocycles. The van der Waals surface area contributed by atoms with E-state index in [4.69, 9.17) is 15.3 Å². The van der Waals surface area contributed by atoms with Crippen molar-refractivity contribution >= 4 is 5.97 Å². The van der Waals surface area contributed by atoms with Crippen LogP contribution in [-0.4, -0.2) is 27.1 Å². The van der Waals surface area contributed by atoms with Crippen LogP contribution in [0.4, 0.5) is 0 Å². The standard InChI is InChI=1S/C7H10O4/c8-6(9)5-1-3-7(10,11)4-2-5/h1,3,5,10-11H,2,4H2,(H,8,9). The molecule has 0 saturated carbocycles. The maximum Gasteiger partial charge on any atom is 0.310 e.